The molecule has 1 unspecified atom stereocenters. The predicted octanol–water partition coefficient (Wildman–Crippen LogP) is 0.677. The largest absolute Gasteiger partial charge is 0.394 e. The lowest BCUT2D eigenvalue weighted by atomic mass is 10.2. The molecule has 0 bridgehead atoms. The maximum absolute atomic E-state index is 9.71. The van der Waals surface area contributed by atoms with Gasteiger partial charge in [-0.15, -0.1) is 0 Å². The number of nitrogens with zero attached hydrogens (tertiary/aromatic N) is 2. The van der Waals surface area contributed by atoms with Crippen LogP contribution in [0.3, 0.4) is 0 Å². The van der Waals surface area contributed by atoms with Crippen LogP contribution in [0.15, 0.2) is 30.6 Å². The van der Waals surface area contributed by atoms with Crippen LogP contribution in [-0.4, -0.2) is 38.6 Å². The second-order valence-electron chi connectivity index (χ2n) is 4.25. The number of rotatable bonds is 2. The van der Waals surface area contributed by atoms with Gasteiger partial charge < -0.3 is 19.5 Å². The molecular weight excluding hydrogens is 220 g/mol. The third kappa shape index (κ3) is 1.72. The summed E-state index contributed by atoms with van der Waals surface area (Å²) < 4.78 is 7.50. The maximum Gasteiger partial charge on any atom is 0.141 e. The summed E-state index contributed by atoms with van der Waals surface area (Å²) in [5.74, 6) is 0. The molecule has 90 valence electrons. The van der Waals surface area contributed by atoms with Gasteiger partial charge in [0.15, 0.2) is 0 Å². The molecule has 0 aromatic carbocycles. The Bertz CT molecular complexity index is 525. The lowest BCUT2D eigenvalue weighted by Crippen LogP contribution is -2.24. The van der Waals surface area contributed by atoms with Crippen LogP contribution in [0.1, 0.15) is 12.6 Å². The first-order valence-corrected chi connectivity index (χ1v) is 5.65. The van der Waals surface area contributed by atoms with Gasteiger partial charge in [-0.2, -0.15) is 0 Å². The number of aliphatic hydroxyl groups is 2. The number of hydrogen-bond acceptors (Lipinski definition) is 4. The lowest BCUT2D eigenvalue weighted by molar-refractivity contribution is -0.0430. The van der Waals surface area contributed by atoms with E-state index in [1.54, 1.807) is 6.20 Å². The van der Waals surface area contributed by atoms with Crippen LogP contribution in [0, 0.1) is 0 Å². The lowest BCUT2D eigenvalue weighted by Gasteiger charge is -2.14. The average Bonchev–Trinajstić information content (AvgIpc) is 2.92. The van der Waals surface area contributed by atoms with Crippen molar-refractivity contribution in [2.45, 2.75) is 24.9 Å². The molecule has 1 fully saturated rings. The van der Waals surface area contributed by atoms with Gasteiger partial charge in [-0.25, -0.2) is 4.98 Å². The highest BCUT2D eigenvalue weighted by atomic mass is 16.5. The van der Waals surface area contributed by atoms with Crippen molar-refractivity contribution in [2.75, 3.05) is 6.61 Å². The molecule has 0 spiro atoms. The van der Waals surface area contributed by atoms with E-state index in [-0.39, 0.29) is 12.8 Å². The Morgan fingerprint density at radius 3 is 3.12 bits per heavy atom. The van der Waals surface area contributed by atoms with Gasteiger partial charge in [-0.05, 0) is 18.2 Å². The van der Waals surface area contributed by atoms with E-state index in [1.807, 2.05) is 29.0 Å². The molecule has 17 heavy (non-hydrogen) atoms. The minimum Gasteiger partial charge on any atom is -0.394 e. The molecule has 2 aromatic rings. The van der Waals surface area contributed by atoms with Crippen LogP contribution >= 0.6 is 0 Å². The van der Waals surface area contributed by atoms with Gasteiger partial charge in [-0.1, -0.05) is 0 Å². The zero-order chi connectivity index (χ0) is 11.8. The van der Waals surface area contributed by atoms with Crippen molar-refractivity contribution < 1.29 is 14.9 Å². The highest BCUT2D eigenvalue weighted by molar-refractivity contribution is 5.75. The highest BCUT2D eigenvalue weighted by Crippen LogP contribution is 2.31. The van der Waals surface area contributed by atoms with E-state index in [9.17, 15) is 5.11 Å². The summed E-state index contributed by atoms with van der Waals surface area (Å²) in [5, 5.41) is 19.8. The highest BCUT2D eigenvalue weighted by Gasteiger charge is 2.34. The molecule has 5 nitrogen and oxygen atoms in total. The molecule has 3 rings (SSSR count). The number of pyridine rings is 1. The molecule has 1 aliphatic rings. The molecular formula is C12H14N2O3. The Hall–Kier alpha value is -1.43. The second-order valence-corrected chi connectivity index (χ2v) is 4.25. The van der Waals surface area contributed by atoms with Gasteiger partial charge in [0.05, 0.1) is 12.7 Å². The van der Waals surface area contributed by atoms with Crippen molar-refractivity contribution in [3.63, 3.8) is 0 Å². The summed E-state index contributed by atoms with van der Waals surface area (Å²) in [6.07, 6.45) is 2.73. The van der Waals surface area contributed by atoms with E-state index >= 15 is 0 Å². The summed E-state index contributed by atoms with van der Waals surface area (Å²) in [5.41, 5.74) is 0.836. The molecule has 3 atom stereocenters. The van der Waals surface area contributed by atoms with Crippen molar-refractivity contribution in [1.82, 2.24) is 9.55 Å². The molecule has 1 aliphatic heterocycles. The molecule has 3 heterocycles. The fraction of sp³-hybridized carbons (Fsp3) is 0.417. The molecule has 1 saturated heterocycles. The summed E-state index contributed by atoms with van der Waals surface area (Å²) in [4.78, 5) is 4.30. The Kier molecular flexibility index (Phi) is 2.58. The Morgan fingerprint density at radius 2 is 2.35 bits per heavy atom. The van der Waals surface area contributed by atoms with Crippen molar-refractivity contribution in [3.8, 4) is 0 Å². The minimum atomic E-state index is -0.619. The van der Waals surface area contributed by atoms with Crippen LogP contribution in [0.2, 0.25) is 0 Å². The zero-order valence-corrected chi connectivity index (χ0v) is 9.23. The van der Waals surface area contributed by atoms with Crippen LogP contribution < -0.4 is 0 Å². The van der Waals surface area contributed by atoms with Gasteiger partial charge >= 0.3 is 0 Å². The van der Waals surface area contributed by atoms with Crippen LogP contribution in [-0.2, 0) is 4.74 Å². The van der Waals surface area contributed by atoms with Crippen molar-refractivity contribution in [3.05, 3.63) is 30.6 Å². The summed E-state index contributed by atoms with van der Waals surface area (Å²) >= 11 is 0. The van der Waals surface area contributed by atoms with Gasteiger partial charge in [0, 0.05) is 24.2 Å². The van der Waals surface area contributed by atoms with E-state index in [0.29, 0.717) is 6.42 Å². The molecule has 5 heteroatoms. The van der Waals surface area contributed by atoms with Gasteiger partial charge in [0.2, 0.25) is 0 Å². The summed E-state index contributed by atoms with van der Waals surface area (Å²) in [6, 6.07) is 5.83. The standard InChI is InChI=1S/C12H14N2O3/c15-7-10-9(16)6-11(17-10)14-5-3-8-2-1-4-13-12(8)14/h1-5,9-11,15-16H,6-7H2/t9-,10?,11+/m0/s1. The molecule has 0 aliphatic carbocycles. The monoisotopic (exact) mass is 234 g/mol. The minimum absolute atomic E-state index is 0.162. The Morgan fingerprint density at radius 1 is 1.47 bits per heavy atom. The van der Waals surface area contributed by atoms with Gasteiger partial charge in [-0.3, -0.25) is 0 Å². The third-order valence-corrected chi connectivity index (χ3v) is 3.17. The number of aromatic nitrogens is 2. The van der Waals surface area contributed by atoms with Crippen LogP contribution in [0.25, 0.3) is 11.0 Å². The smallest absolute Gasteiger partial charge is 0.141 e. The maximum atomic E-state index is 9.71. The number of hydrogen-bond donors (Lipinski definition) is 2. The summed E-state index contributed by atoms with van der Waals surface area (Å²) in [7, 11) is 0. The van der Waals surface area contributed by atoms with Crippen LogP contribution in [0.4, 0.5) is 0 Å². The fourth-order valence-corrected chi connectivity index (χ4v) is 2.27. The second kappa shape index (κ2) is 4.10. The van der Waals surface area contributed by atoms with Crippen molar-refractivity contribution in [2.24, 2.45) is 0 Å². The average molecular weight is 234 g/mol. The van der Waals surface area contributed by atoms with Crippen molar-refractivity contribution >= 4 is 11.0 Å². The quantitative estimate of drug-likeness (QED) is 0.801. The van der Waals surface area contributed by atoms with E-state index in [4.69, 9.17) is 9.84 Å². The Labute approximate surface area is 98.3 Å². The molecule has 0 saturated carbocycles. The first-order valence-electron chi connectivity index (χ1n) is 5.65. The zero-order valence-electron chi connectivity index (χ0n) is 9.23. The topological polar surface area (TPSA) is 67.5 Å². The summed E-state index contributed by atoms with van der Waals surface area (Å²) in [6.45, 7) is -0.162. The molecule has 0 amide bonds. The first kappa shape index (κ1) is 10.7. The fourth-order valence-electron chi connectivity index (χ4n) is 2.27. The molecule has 0 radical (unpaired) electrons. The van der Waals surface area contributed by atoms with E-state index in [0.717, 1.165) is 11.0 Å². The van der Waals surface area contributed by atoms with E-state index < -0.39 is 12.2 Å². The normalized spacial score (nSPS) is 28.9. The van der Waals surface area contributed by atoms with Gasteiger partial charge in [0.25, 0.3) is 0 Å². The predicted molar refractivity (Wildman–Crippen MR) is 61.4 cm³/mol. The SMILES string of the molecule is OCC1O[C@@H](n2ccc3cccnc32)C[C@@H]1O. The number of fused-ring (bicyclic) bond motifs is 1. The van der Waals surface area contributed by atoms with Gasteiger partial charge in [0.1, 0.15) is 18.0 Å². The first-order chi connectivity index (χ1) is 8.29. The number of ether oxygens (including phenoxy) is 1. The van der Waals surface area contributed by atoms with E-state index in [1.165, 1.54) is 0 Å². The Balaban J connectivity index is 1.95. The van der Waals surface area contributed by atoms with Crippen molar-refractivity contribution in [1.29, 1.82) is 0 Å². The molecule has 2 N–H and O–H groups in total. The van der Waals surface area contributed by atoms with Crippen LogP contribution in [0.5, 0.6) is 0 Å². The third-order valence-electron chi connectivity index (χ3n) is 3.17. The molecule has 2 aromatic heterocycles. The van der Waals surface area contributed by atoms with E-state index in [2.05, 4.69) is 4.98 Å². The number of aliphatic hydroxyl groups excluding tert-OH is 2.